The first-order valence-corrected chi connectivity index (χ1v) is 7.69. The van der Waals surface area contributed by atoms with E-state index in [1.807, 2.05) is 31.2 Å². The zero-order chi connectivity index (χ0) is 14.7. The highest BCUT2D eigenvalue weighted by Crippen LogP contribution is 2.26. The Morgan fingerprint density at radius 1 is 1.24 bits per heavy atom. The molecule has 1 amide bonds. The van der Waals surface area contributed by atoms with E-state index in [9.17, 15) is 4.79 Å². The van der Waals surface area contributed by atoms with Crippen LogP contribution in [0.3, 0.4) is 0 Å². The smallest absolute Gasteiger partial charge is 0.251 e. The molecule has 110 valence electrons. The highest BCUT2D eigenvalue weighted by atomic mass is 16.5. The monoisotopic (exact) mass is 283 g/mol. The Morgan fingerprint density at radius 3 is 2.86 bits per heavy atom. The van der Waals surface area contributed by atoms with Gasteiger partial charge in [-0.15, -0.1) is 0 Å². The van der Waals surface area contributed by atoms with Crippen LogP contribution < -0.4 is 10.1 Å². The first kappa shape index (κ1) is 13.9. The second-order valence-corrected chi connectivity index (χ2v) is 5.87. The number of carbonyl (C=O) groups is 1. The Balaban J connectivity index is 1.78. The van der Waals surface area contributed by atoms with Crippen LogP contribution in [0.1, 0.15) is 43.2 Å². The van der Waals surface area contributed by atoms with Crippen molar-refractivity contribution in [2.24, 2.45) is 0 Å². The molecule has 1 aliphatic heterocycles. The molecule has 1 saturated carbocycles. The number of aryl methyl sites for hydroxylation is 1. The van der Waals surface area contributed by atoms with Crippen molar-refractivity contribution in [3.63, 3.8) is 0 Å². The van der Waals surface area contributed by atoms with Gasteiger partial charge >= 0.3 is 0 Å². The zero-order valence-corrected chi connectivity index (χ0v) is 12.4. The minimum absolute atomic E-state index is 0.00361. The summed E-state index contributed by atoms with van der Waals surface area (Å²) in [4.78, 5) is 12.4. The molecule has 0 unspecified atom stereocenters. The quantitative estimate of drug-likeness (QED) is 0.898. The summed E-state index contributed by atoms with van der Waals surface area (Å²) in [5.41, 5.74) is 2.77. The normalized spacial score (nSPS) is 18.2. The highest BCUT2D eigenvalue weighted by Gasteiger charge is 2.18. The molecular formula is C18H21NO2. The molecule has 0 spiro atoms. The summed E-state index contributed by atoms with van der Waals surface area (Å²) in [7, 11) is 0. The summed E-state index contributed by atoms with van der Waals surface area (Å²) < 4.78 is 5.56. The van der Waals surface area contributed by atoms with E-state index in [1.165, 1.54) is 19.3 Å². The lowest BCUT2D eigenvalue weighted by atomic mass is 9.95. The van der Waals surface area contributed by atoms with Gasteiger partial charge in [0.05, 0.1) is 6.26 Å². The number of hydrogen-bond acceptors (Lipinski definition) is 2. The topological polar surface area (TPSA) is 38.3 Å². The van der Waals surface area contributed by atoms with Crippen LogP contribution in [0.5, 0.6) is 5.75 Å². The Bertz CT molecular complexity index is 595. The summed E-state index contributed by atoms with van der Waals surface area (Å²) in [6.45, 7) is 2.04. The van der Waals surface area contributed by atoms with Crippen LogP contribution in [0.25, 0.3) is 6.08 Å². The van der Waals surface area contributed by atoms with Crippen molar-refractivity contribution in [2.45, 2.75) is 45.1 Å². The first-order valence-electron chi connectivity index (χ1n) is 7.69. The van der Waals surface area contributed by atoms with E-state index >= 15 is 0 Å². The van der Waals surface area contributed by atoms with Crippen molar-refractivity contribution in [3.05, 3.63) is 47.2 Å². The first-order chi connectivity index (χ1) is 10.2. The maximum absolute atomic E-state index is 12.4. The molecule has 1 aromatic carbocycles. The number of carbonyl (C=O) groups excluding carboxylic acids is 1. The zero-order valence-electron chi connectivity index (χ0n) is 12.4. The largest absolute Gasteiger partial charge is 0.464 e. The predicted octanol–water partition coefficient (Wildman–Crippen LogP) is 3.73. The van der Waals surface area contributed by atoms with E-state index in [4.69, 9.17) is 4.74 Å². The minimum atomic E-state index is -0.00361. The van der Waals surface area contributed by atoms with E-state index in [2.05, 4.69) is 5.32 Å². The van der Waals surface area contributed by atoms with E-state index in [0.717, 1.165) is 29.7 Å². The summed E-state index contributed by atoms with van der Waals surface area (Å²) in [5, 5.41) is 3.15. The number of rotatable bonds is 2. The maximum atomic E-state index is 12.4. The van der Waals surface area contributed by atoms with Gasteiger partial charge in [-0.1, -0.05) is 30.9 Å². The average molecular weight is 283 g/mol. The van der Waals surface area contributed by atoms with Crippen LogP contribution in [0, 0.1) is 6.92 Å². The van der Waals surface area contributed by atoms with Crippen molar-refractivity contribution < 1.29 is 9.53 Å². The third-order valence-corrected chi connectivity index (χ3v) is 4.12. The van der Waals surface area contributed by atoms with Gasteiger partial charge in [0.15, 0.2) is 0 Å². The summed E-state index contributed by atoms with van der Waals surface area (Å²) >= 11 is 0. The molecule has 1 N–H and O–H groups in total. The molecule has 3 heteroatoms. The van der Waals surface area contributed by atoms with Crippen molar-refractivity contribution in [1.82, 2.24) is 5.32 Å². The summed E-state index contributed by atoms with van der Waals surface area (Å²) in [6.07, 6.45) is 11.1. The third-order valence-electron chi connectivity index (χ3n) is 4.12. The van der Waals surface area contributed by atoms with Gasteiger partial charge in [-0.05, 0) is 44.1 Å². The average Bonchev–Trinajstić information content (AvgIpc) is 2.70. The fourth-order valence-corrected chi connectivity index (χ4v) is 2.94. The Morgan fingerprint density at radius 2 is 2.05 bits per heavy atom. The van der Waals surface area contributed by atoms with Crippen LogP contribution >= 0.6 is 0 Å². The molecule has 21 heavy (non-hydrogen) atoms. The molecule has 1 aliphatic carbocycles. The lowest BCUT2D eigenvalue weighted by molar-refractivity contribution is -0.118. The molecule has 0 bridgehead atoms. The molecule has 0 radical (unpaired) electrons. The maximum Gasteiger partial charge on any atom is 0.251 e. The standard InChI is InChI=1S/C18H21NO2/c1-13-7-8-17-15(11-13)12-14(9-10-21-17)18(20)19-16-5-3-2-4-6-16/h7-12,16H,2-6H2,1H3,(H,19,20). The second-order valence-electron chi connectivity index (χ2n) is 5.87. The highest BCUT2D eigenvalue weighted by molar-refractivity contribution is 6.01. The molecule has 1 aromatic rings. The fraction of sp³-hybridized carbons (Fsp3) is 0.389. The predicted molar refractivity (Wildman–Crippen MR) is 83.9 cm³/mol. The SMILES string of the molecule is Cc1ccc2c(c1)C=C(C(=O)NC1CCCCC1)C=CO2. The lowest BCUT2D eigenvalue weighted by Crippen LogP contribution is -2.36. The third kappa shape index (κ3) is 3.35. The van der Waals surface area contributed by atoms with Gasteiger partial charge in [0, 0.05) is 17.2 Å². The summed E-state index contributed by atoms with van der Waals surface area (Å²) in [6, 6.07) is 6.30. The van der Waals surface area contributed by atoms with Crippen molar-refractivity contribution in [1.29, 1.82) is 0 Å². The Labute approximate surface area is 125 Å². The van der Waals surface area contributed by atoms with Gasteiger partial charge in [0.2, 0.25) is 0 Å². The number of benzene rings is 1. The lowest BCUT2D eigenvalue weighted by Gasteiger charge is -2.22. The molecule has 1 fully saturated rings. The van der Waals surface area contributed by atoms with Gasteiger partial charge in [-0.3, -0.25) is 4.79 Å². The van der Waals surface area contributed by atoms with E-state index in [1.54, 1.807) is 12.3 Å². The van der Waals surface area contributed by atoms with Gasteiger partial charge in [0.1, 0.15) is 5.75 Å². The number of fused-ring (bicyclic) bond motifs is 1. The molecular weight excluding hydrogens is 262 g/mol. The molecule has 2 aliphatic rings. The van der Waals surface area contributed by atoms with Gasteiger partial charge < -0.3 is 10.1 Å². The molecule has 0 aromatic heterocycles. The molecule has 0 atom stereocenters. The van der Waals surface area contributed by atoms with Crippen molar-refractivity contribution >= 4 is 12.0 Å². The number of ether oxygens (including phenoxy) is 1. The summed E-state index contributed by atoms with van der Waals surface area (Å²) in [5.74, 6) is 0.786. The van der Waals surface area contributed by atoms with Crippen LogP contribution in [-0.4, -0.2) is 11.9 Å². The Kier molecular flexibility index (Phi) is 4.09. The van der Waals surface area contributed by atoms with E-state index < -0.39 is 0 Å². The number of nitrogens with one attached hydrogen (secondary N) is 1. The van der Waals surface area contributed by atoms with E-state index in [0.29, 0.717) is 11.6 Å². The van der Waals surface area contributed by atoms with Crippen LogP contribution in [0.4, 0.5) is 0 Å². The van der Waals surface area contributed by atoms with Crippen LogP contribution in [0.15, 0.2) is 36.1 Å². The number of hydrogen-bond donors (Lipinski definition) is 1. The van der Waals surface area contributed by atoms with Crippen LogP contribution in [-0.2, 0) is 4.79 Å². The van der Waals surface area contributed by atoms with Crippen molar-refractivity contribution in [3.8, 4) is 5.75 Å². The van der Waals surface area contributed by atoms with Crippen LogP contribution in [0.2, 0.25) is 0 Å². The van der Waals surface area contributed by atoms with E-state index in [-0.39, 0.29) is 5.91 Å². The van der Waals surface area contributed by atoms with Gasteiger partial charge in [-0.25, -0.2) is 0 Å². The fourth-order valence-electron chi connectivity index (χ4n) is 2.94. The second kappa shape index (κ2) is 6.17. The molecule has 0 saturated heterocycles. The van der Waals surface area contributed by atoms with Crippen molar-refractivity contribution in [2.75, 3.05) is 0 Å². The molecule has 3 rings (SSSR count). The molecule has 1 heterocycles. The molecule has 3 nitrogen and oxygen atoms in total. The van der Waals surface area contributed by atoms with Gasteiger partial charge in [-0.2, -0.15) is 0 Å². The minimum Gasteiger partial charge on any atom is -0.464 e. The van der Waals surface area contributed by atoms with Gasteiger partial charge in [0.25, 0.3) is 5.91 Å². The Hall–Kier alpha value is -2.03. The number of amides is 1.